The largest absolute Gasteiger partial charge is 0.481 e. The summed E-state index contributed by atoms with van der Waals surface area (Å²) in [6, 6.07) is 30.8. The molecule has 0 amide bonds. The second kappa shape index (κ2) is 12.9. The zero-order valence-corrected chi connectivity index (χ0v) is 21.4. The molecule has 0 heterocycles. The van der Waals surface area contributed by atoms with E-state index in [-0.39, 0.29) is 36.8 Å². The average molecular weight is 493 g/mol. The molecule has 29 heavy (non-hydrogen) atoms. The van der Waals surface area contributed by atoms with Crippen molar-refractivity contribution in [2.75, 3.05) is 0 Å². The summed E-state index contributed by atoms with van der Waals surface area (Å²) >= 11 is 0. The highest BCUT2D eigenvalue weighted by Gasteiger charge is 2.39. The topological polar surface area (TPSA) is 37.3 Å². The summed E-state index contributed by atoms with van der Waals surface area (Å²) in [4.78, 5) is 11.9. The Morgan fingerprint density at radius 3 is 1.31 bits per heavy atom. The van der Waals surface area contributed by atoms with Crippen molar-refractivity contribution in [3.05, 3.63) is 108 Å². The zero-order valence-electron chi connectivity index (χ0n) is 16.8. The lowest BCUT2D eigenvalue weighted by Gasteiger charge is -2.38. The van der Waals surface area contributed by atoms with Crippen molar-refractivity contribution in [3.8, 4) is 0 Å². The minimum absolute atomic E-state index is 0. The van der Waals surface area contributed by atoms with Crippen LogP contribution in [0.2, 0.25) is 0 Å². The number of carbonyl (C=O) groups is 1. The van der Waals surface area contributed by atoms with Gasteiger partial charge in [0.2, 0.25) is 0 Å². The first-order chi connectivity index (χ1) is 12.7. The Labute approximate surface area is 191 Å². The molecule has 5 heteroatoms. The highest BCUT2D eigenvalue weighted by atomic mass is 79.9. The molecule has 3 aromatic rings. The first-order valence-electron chi connectivity index (χ1n) is 9.08. The fourth-order valence-corrected chi connectivity index (χ4v) is 3.80. The summed E-state index contributed by atoms with van der Waals surface area (Å²) in [5.41, 5.74) is 2.87. The Morgan fingerprint density at radius 2 is 1.07 bits per heavy atom. The van der Waals surface area contributed by atoms with Crippen molar-refractivity contribution < 1.29 is 9.90 Å². The number of halogens is 1. The van der Waals surface area contributed by atoms with E-state index >= 15 is 0 Å². The minimum atomic E-state index is -0.736. The van der Waals surface area contributed by atoms with E-state index in [0.717, 1.165) is 16.7 Å². The number of carboxylic acid groups (broad SMARTS) is 1. The minimum Gasteiger partial charge on any atom is -0.481 e. The van der Waals surface area contributed by atoms with Crippen LogP contribution in [-0.2, 0) is 10.2 Å². The molecule has 156 valence electrons. The van der Waals surface area contributed by atoms with Gasteiger partial charge in [-0.05, 0) is 29.5 Å². The van der Waals surface area contributed by atoms with Crippen LogP contribution in [0.4, 0.5) is 0 Å². The number of hydrogen-bond donors (Lipinski definition) is 1. The molecule has 0 bridgehead atoms. The van der Waals surface area contributed by atoms with E-state index in [4.69, 9.17) is 0 Å². The molecule has 0 radical (unpaired) electrons. The molecular weight excluding hydrogens is 462 g/mol. The van der Waals surface area contributed by atoms with E-state index in [2.05, 4.69) is 36.4 Å². The molecule has 0 aliphatic heterocycles. The van der Waals surface area contributed by atoms with Gasteiger partial charge in [-0.1, -0.05) is 97.9 Å². The van der Waals surface area contributed by atoms with Crippen LogP contribution >= 0.6 is 36.8 Å². The van der Waals surface area contributed by atoms with Crippen LogP contribution < -0.4 is 0 Å². The van der Waals surface area contributed by atoms with Crippen LogP contribution in [0.5, 0.6) is 0 Å². The molecule has 0 saturated heterocycles. The van der Waals surface area contributed by atoms with E-state index < -0.39 is 17.3 Å². The van der Waals surface area contributed by atoms with Gasteiger partial charge < -0.3 is 5.11 Å². The Bertz CT molecular complexity index is 746. The number of rotatable bonds is 7. The van der Waals surface area contributed by atoms with Crippen molar-refractivity contribution in [3.63, 3.8) is 0 Å². The summed E-state index contributed by atoms with van der Waals surface area (Å²) in [5, 5.41) is 9.78. The quantitative estimate of drug-likeness (QED) is 0.314. The highest BCUT2D eigenvalue weighted by Crippen LogP contribution is 2.44. The molecule has 0 aliphatic carbocycles. The van der Waals surface area contributed by atoms with E-state index in [1.807, 2.05) is 61.5 Å². The van der Waals surface area contributed by atoms with Crippen molar-refractivity contribution in [2.45, 2.75) is 25.2 Å². The lowest BCUT2D eigenvalue weighted by atomic mass is 9.64. The lowest BCUT2D eigenvalue weighted by Crippen LogP contribution is -2.34. The molecule has 0 aromatic heterocycles. The summed E-state index contributed by atoms with van der Waals surface area (Å²) in [6.07, 6.45) is 1.13. The van der Waals surface area contributed by atoms with Crippen molar-refractivity contribution in [1.29, 1.82) is 0 Å². The van der Waals surface area contributed by atoms with Crippen LogP contribution in [0, 0.1) is 5.92 Å². The Balaban J connectivity index is 0.00000261. The van der Waals surface area contributed by atoms with Crippen LogP contribution in [0.3, 0.4) is 0 Å². The average Bonchev–Trinajstić information content (AvgIpc) is 2.71. The molecule has 3 unspecified atom stereocenters. The van der Waals surface area contributed by atoms with E-state index in [1.54, 1.807) is 0 Å². The third-order valence-electron chi connectivity index (χ3n) is 5.19. The fraction of sp³-hybridized carbons (Fsp3) is 0.208. The molecule has 1 N–H and O–H groups in total. The Morgan fingerprint density at radius 1 is 0.759 bits per heavy atom. The molecule has 3 atom stereocenters. The van der Waals surface area contributed by atoms with Gasteiger partial charge >= 0.3 is 5.97 Å². The van der Waals surface area contributed by atoms with Gasteiger partial charge in [-0.25, -0.2) is 0 Å². The highest BCUT2D eigenvalue weighted by molar-refractivity contribution is 8.93. The maximum absolute atomic E-state index is 11.9. The van der Waals surface area contributed by atoms with Gasteiger partial charge in [-0.3, -0.25) is 4.79 Å². The molecule has 0 saturated carbocycles. The summed E-state index contributed by atoms with van der Waals surface area (Å²) in [6.45, 7) is 1.95. The predicted octanol–water partition coefficient (Wildman–Crippen LogP) is 6.22. The molecule has 3 rings (SSSR count). The molecule has 0 spiro atoms. The van der Waals surface area contributed by atoms with Gasteiger partial charge in [0.25, 0.3) is 0 Å². The summed E-state index contributed by atoms with van der Waals surface area (Å²) in [7, 11) is 0. The molecule has 2 nitrogen and oxygen atoms in total. The SMILES string of the molecule is Br.CCC(CC(c1ccccc1)(c1ccccc1)c1ccccc1)C(=O)O.P.P. The summed E-state index contributed by atoms with van der Waals surface area (Å²) in [5.74, 6) is -1.16. The van der Waals surface area contributed by atoms with E-state index in [0.29, 0.717) is 12.8 Å². The Kier molecular flexibility index (Phi) is 12.2. The zero-order chi connectivity index (χ0) is 18.4. The smallest absolute Gasteiger partial charge is 0.306 e. The Hall–Kier alpha value is -1.53. The second-order valence-corrected chi connectivity index (χ2v) is 6.65. The van der Waals surface area contributed by atoms with Crippen molar-refractivity contribution in [2.24, 2.45) is 5.92 Å². The maximum atomic E-state index is 11.9. The monoisotopic (exact) mass is 492 g/mol. The van der Waals surface area contributed by atoms with Gasteiger partial charge in [0, 0.05) is 5.41 Å². The van der Waals surface area contributed by atoms with Crippen molar-refractivity contribution >= 4 is 42.7 Å². The molecule has 3 aromatic carbocycles. The van der Waals surface area contributed by atoms with Crippen LogP contribution in [0.15, 0.2) is 91.0 Å². The van der Waals surface area contributed by atoms with Crippen molar-refractivity contribution in [1.82, 2.24) is 0 Å². The van der Waals surface area contributed by atoms with Crippen LogP contribution in [-0.4, -0.2) is 11.1 Å². The molecular formula is C24H31BrO2P2. The second-order valence-electron chi connectivity index (χ2n) is 6.65. The van der Waals surface area contributed by atoms with Gasteiger partial charge in [-0.2, -0.15) is 19.8 Å². The first kappa shape index (κ1) is 27.5. The number of carboxylic acids is 1. The van der Waals surface area contributed by atoms with E-state index in [9.17, 15) is 9.90 Å². The predicted molar refractivity (Wildman–Crippen MR) is 138 cm³/mol. The first-order valence-corrected chi connectivity index (χ1v) is 9.08. The number of hydrogen-bond acceptors (Lipinski definition) is 1. The number of benzene rings is 3. The van der Waals surface area contributed by atoms with Gasteiger partial charge in [0.15, 0.2) is 0 Å². The fourth-order valence-electron chi connectivity index (χ4n) is 3.80. The summed E-state index contributed by atoms with van der Waals surface area (Å²) < 4.78 is 0. The van der Waals surface area contributed by atoms with Crippen LogP contribution in [0.1, 0.15) is 36.5 Å². The van der Waals surface area contributed by atoms with E-state index in [1.165, 1.54) is 0 Å². The van der Waals surface area contributed by atoms with Gasteiger partial charge in [-0.15, -0.1) is 17.0 Å². The van der Waals surface area contributed by atoms with Crippen LogP contribution in [0.25, 0.3) is 0 Å². The lowest BCUT2D eigenvalue weighted by molar-refractivity contribution is -0.142. The third kappa shape index (κ3) is 5.98. The molecule has 0 fully saturated rings. The number of aliphatic carboxylic acids is 1. The maximum Gasteiger partial charge on any atom is 0.306 e. The standard InChI is InChI=1S/C24H24O2.BrH.2H3P/c1-2-19(23(25)26)18-24(20-12-6-3-7-13-20,21-14-8-4-9-15-21)22-16-10-5-11-17-22;;;/h3-17,19H,2,18H2,1H3,(H,25,26);1H;2*1H3. The van der Waals surface area contributed by atoms with Gasteiger partial charge in [0.1, 0.15) is 0 Å². The molecule has 0 aliphatic rings. The third-order valence-corrected chi connectivity index (χ3v) is 5.19. The van der Waals surface area contributed by atoms with Gasteiger partial charge in [0.05, 0.1) is 5.92 Å². The normalized spacial score (nSPS) is 11.2.